The average molecular weight is 474 g/mol. The van der Waals surface area contributed by atoms with E-state index in [1.807, 2.05) is 0 Å². The zero-order valence-electron chi connectivity index (χ0n) is 18.2. The summed E-state index contributed by atoms with van der Waals surface area (Å²) in [5.74, 6) is -1.89. The monoisotopic (exact) mass is 474 g/mol. The van der Waals surface area contributed by atoms with Gasteiger partial charge < -0.3 is 20.8 Å². The molecule has 180 valence electrons. The van der Waals surface area contributed by atoms with Crippen molar-refractivity contribution in [3.8, 4) is 0 Å². The number of benzene rings is 2. The molecular formula is C21H22N4O9. The van der Waals surface area contributed by atoms with Gasteiger partial charge >= 0.3 is 0 Å². The Morgan fingerprint density at radius 1 is 0.794 bits per heavy atom. The van der Waals surface area contributed by atoms with E-state index in [0.29, 0.717) is 0 Å². The first-order chi connectivity index (χ1) is 16.0. The van der Waals surface area contributed by atoms with Gasteiger partial charge in [0.2, 0.25) is 11.8 Å². The number of nitrogens with zero attached hydrogens (tertiary/aromatic N) is 2. The molecule has 0 aliphatic heterocycles. The van der Waals surface area contributed by atoms with Gasteiger partial charge in [0.15, 0.2) is 5.78 Å². The maximum Gasteiger partial charge on any atom is 0.269 e. The third kappa shape index (κ3) is 5.96. The van der Waals surface area contributed by atoms with Crippen LogP contribution in [0.25, 0.3) is 0 Å². The van der Waals surface area contributed by atoms with E-state index in [0.717, 1.165) is 50.2 Å². The molecule has 13 heteroatoms. The normalized spacial score (nSPS) is 12.4. The summed E-state index contributed by atoms with van der Waals surface area (Å²) in [6.07, 6.45) is 0. The molecule has 0 saturated heterocycles. The molecule has 2 amide bonds. The number of nitro groups is 2. The fourth-order valence-corrected chi connectivity index (χ4v) is 3.40. The van der Waals surface area contributed by atoms with Crippen molar-refractivity contribution in [2.75, 3.05) is 13.2 Å². The second-order valence-electron chi connectivity index (χ2n) is 7.26. The smallest absolute Gasteiger partial charge is 0.269 e. The number of non-ortho nitro benzene ring substituents is 2. The van der Waals surface area contributed by atoms with Crippen LogP contribution in [0.2, 0.25) is 0 Å². The highest BCUT2D eigenvalue weighted by atomic mass is 16.6. The van der Waals surface area contributed by atoms with E-state index < -0.39 is 64.1 Å². The summed E-state index contributed by atoms with van der Waals surface area (Å²) >= 11 is 0. The number of carbonyl (C=O) groups is 3. The van der Waals surface area contributed by atoms with E-state index in [2.05, 4.69) is 10.6 Å². The van der Waals surface area contributed by atoms with E-state index in [1.165, 1.54) is 0 Å². The van der Waals surface area contributed by atoms with Crippen molar-refractivity contribution >= 4 is 29.0 Å². The number of hydrogen-bond acceptors (Lipinski definition) is 9. The predicted octanol–water partition coefficient (Wildman–Crippen LogP) is 1.07. The Bertz CT molecular complexity index is 1060. The first-order valence-corrected chi connectivity index (χ1v) is 9.87. The van der Waals surface area contributed by atoms with Gasteiger partial charge in [-0.15, -0.1) is 0 Å². The molecule has 0 aromatic heterocycles. The highest BCUT2D eigenvalue weighted by molar-refractivity contribution is 6.11. The number of nitrogens with one attached hydrogen (secondary N) is 2. The van der Waals surface area contributed by atoms with Crippen molar-refractivity contribution in [3.63, 3.8) is 0 Å². The summed E-state index contributed by atoms with van der Waals surface area (Å²) in [5.41, 5.74) is -1.17. The predicted molar refractivity (Wildman–Crippen MR) is 117 cm³/mol. The molecule has 0 fully saturated rings. The number of nitro benzene ring substituents is 2. The molecule has 2 aromatic carbocycles. The zero-order chi connectivity index (χ0) is 25.6. The lowest BCUT2D eigenvalue weighted by Crippen LogP contribution is -2.31. The van der Waals surface area contributed by atoms with Crippen LogP contribution in [0.1, 0.15) is 53.0 Å². The van der Waals surface area contributed by atoms with Gasteiger partial charge in [-0.25, -0.2) is 0 Å². The Balaban J connectivity index is 2.74. The molecule has 0 heterocycles. The molecular weight excluding hydrogens is 452 g/mol. The second-order valence-corrected chi connectivity index (χ2v) is 7.26. The van der Waals surface area contributed by atoms with Crippen molar-refractivity contribution in [2.24, 2.45) is 0 Å². The number of aliphatic hydroxyl groups excluding tert-OH is 2. The topological polar surface area (TPSA) is 202 Å². The Hall–Kier alpha value is -4.23. The minimum atomic E-state index is -1.16. The van der Waals surface area contributed by atoms with Crippen molar-refractivity contribution < 1.29 is 34.4 Å². The molecule has 0 aliphatic carbocycles. The number of rotatable bonds is 10. The molecule has 13 nitrogen and oxygen atoms in total. The number of aliphatic hydroxyl groups is 2. The molecule has 2 unspecified atom stereocenters. The van der Waals surface area contributed by atoms with Gasteiger partial charge in [0, 0.05) is 49.2 Å². The lowest BCUT2D eigenvalue weighted by atomic mass is 9.89. The van der Waals surface area contributed by atoms with Gasteiger partial charge in [0.05, 0.1) is 35.1 Å². The van der Waals surface area contributed by atoms with Crippen LogP contribution in [0.15, 0.2) is 36.4 Å². The third-order valence-corrected chi connectivity index (χ3v) is 4.85. The maximum absolute atomic E-state index is 13.5. The van der Waals surface area contributed by atoms with Gasteiger partial charge in [-0.1, -0.05) is 0 Å². The molecule has 0 spiro atoms. The molecule has 0 bridgehead atoms. The average Bonchev–Trinajstić information content (AvgIpc) is 2.79. The van der Waals surface area contributed by atoms with Crippen LogP contribution in [0.4, 0.5) is 11.4 Å². The Labute approximate surface area is 192 Å². The van der Waals surface area contributed by atoms with E-state index in [4.69, 9.17) is 0 Å². The number of hydrogen-bond donors (Lipinski definition) is 4. The quantitative estimate of drug-likeness (QED) is 0.221. The Morgan fingerprint density at radius 3 is 1.41 bits per heavy atom. The third-order valence-electron chi connectivity index (χ3n) is 4.85. The maximum atomic E-state index is 13.5. The van der Waals surface area contributed by atoms with Gasteiger partial charge in [-0.2, -0.15) is 0 Å². The first-order valence-electron chi connectivity index (χ1n) is 9.87. The van der Waals surface area contributed by atoms with Crippen molar-refractivity contribution in [3.05, 3.63) is 78.9 Å². The van der Waals surface area contributed by atoms with Crippen molar-refractivity contribution in [1.29, 1.82) is 0 Å². The summed E-state index contributed by atoms with van der Waals surface area (Å²) in [4.78, 5) is 57.8. The highest BCUT2D eigenvalue weighted by Gasteiger charge is 2.28. The van der Waals surface area contributed by atoms with Crippen molar-refractivity contribution in [1.82, 2.24) is 10.6 Å². The molecule has 0 radical (unpaired) electrons. The largest absolute Gasteiger partial charge is 0.394 e. The molecule has 34 heavy (non-hydrogen) atoms. The zero-order valence-corrected chi connectivity index (χ0v) is 18.2. The van der Waals surface area contributed by atoms with E-state index in [9.17, 15) is 44.8 Å². The summed E-state index contributed by atoms with van der Waals surface area (Å²) < 4.78 is 0. The van der Waals surface area contributed by atoms with Gasteiger partial charge in [-0.05, 0) is 23.3 Å². The molecule has 2 rings (SSSR count). The Morgan fingerprint density at radius 2 is 1.15 bits per heavy atom. The standard InChI is InChI=1S/C21H22N4O9/c1-11(28)22-19(9-26)17-7-13(24(31)32)3-5-15(17)21(30)16-6-4-14(25(33)34)8-18(16)20(10-27)23-12(2)29/h3-8,19-20,26-27H,9-10H2,1-2H3,(H,22,28)(H,23,29). The van der Waals surface area contributed by atoms with Crippen LogP contribution in [0.5, 0.6) is 0 Å². The van der Waals surface area contributed by atoms with Crippen LogP contribution in [-0.2, 0) is 9.59 Å². The SMILES string of the molecule is CC(=O)NC(CO)c1cc([N+](=O)[O-])ccc1C(=O)c1ccc([N+](=O)[O-])cc1C(CO)NC(C)=O. The van der Waals surface area contributed by atoms with E-state index in [1.54, 1.807) is 0 Å². The molecule has 0 aliphatic rings. The summed E-state index contributed by atoms with van der Waals surface area (Å²) in [5, 5.41) is 46.9. The van der Waals surface area contributed by atoms with Crippen molar-refractivity contribution in [2.45, 2.75) is 25.9 Å². The summed E-state index contributed by atoms with van der Waals surface area (Å²) in [6.45, 7) is 0.961. The molecule has 4 N–H and O–H groups in total. The number of amides is 2. The van der Waals surface area contributed by atoms with E-state index >= 15 is 0 Å². The first kappa shape index (κ1) is 26.0. The van der Waals surface area contributed by atoms with Crippen LogP contribution < -0.4 is 10.6 Å². The molecule has 0 saturated carbocycles. The van der Waals surface area contributed by atoms with E-state index in [-0.39, 0.29) is 22.3 Å². The summed E-state index contributed by atoms with van der Waals surface area (Å²) in [6, 6.07) is 4.13. The lowest BCUT2D eigenvalue weighted by molar-refractivity contribution is -0.385. The van der Waals surface area contributed by atoms with Gasteiger partial charge in [-0.3, -0.25) is 34.6 Å². The van der Waals surface area contributed by atoms with Crippen LogP contribution in [0.3, 0.4) is 0 Å². The molecule has 2 aromatic rings. The van der Waals surface area contributed by atoms with Gasteiger partial charge in [0.1, 0.15) is 0 Å². The Kier molecular flexibility index (Phi) is 8.47. The highest BCUT2D eigenvalue weighted by Crippen LogP contribution is 2.30. The van der Waals surface area contributed by atoms with Crippen LogP contribution in [-0.4, -0.2) is 50.9 Å². The number of carbonyl (C=O) groups excluding carboxylic acids is 3. The van der Waals surface area contributed by atoms with Gasteiger partial charge in [0.25, 0.3) is 11.4 Å². The fraction of sp³-hybridized carbons (Fsp3) is 0.286. The van der Waals surface area contributed by atoms with Crippen LogP contribution in [0, 0.1) is 20.2 Å². The minimum Gasteiger partial charge on any atom is -0.394 e. The minimum absolute atomic E-state index is 0.0544. The van der Waals surface area contributed by atoms with Crippen LogP contribution >= 0.6 is 0 Å². The summed E-state index contributed by atoms with van der Waals surface area (Å²) in [7, 11) is 0. The molecule has 2 atom stereocenters. The number of ketones is 1. The second kappa shape index (κ2) is 11.1. The lowest BCUT2D eigenvalue weighted by Gasteiger charge is -2.21. The fourth-order valence-electron chi connectivity index (χ4n) is 3.40.